The first-order valence-electron chi connectivity index (χ1n) is 6.13. The Morgan fingerprint density at radius 2 is 2.17 bits per heavy atom. The number of fused-ring (bicyclic) bond motifs is 3. The van der Waals surface area contributed by atoms with E-state index in [0.29, 0.717) is 0 Å². The second-order valence-electron chi connectivity index (χ2n) is 4.66. The Bertz CT molecular complexity index is 616. The summed E-state index contributed by atoms with van der Waals surface area (Å²) in [6.07, 6.45) is 2.06. The molecule has 0 fully saturated rings. The summed E-state index contributed by atoms with van der Waals surface area (Å²) in [6, 6.07) is 5.92. The van der Waals surface area contributed by atoms with Gasteiger partial charge in [0, 0.05) is 25.5 Å². The first-order valence-corrected chi connectivity index (χ1v) is 6.13. The van der Waals surface area contributed by atoms with E-state index in [4.69, 9.17) is 4.74 Å². The van der Waals surface area contributed by atoms with E-state index in [-0.39, 0.29) is 0 Å². The zero-order valence-corrected chi connectivity index (χ0v) is 10.6. The molecule has 94 valence electrons. The molecular weight excluding hydrogens is 228 g/mol. The first kappa shape index (κ1) is 11.1. The number of carbonyl (C=O) groups is 1. The Morgan fingerprint density at radius 1 is 1.33 bits per heavy atom. The Kier molecular flexibility index (Phi) is 2.51. The van der Waals surface area contributed by atoms with E-state index >= 15 is 0 Å². The van der Waals surface area contributed by atoms with Crippen molar-refractivity contribution in [3.63, 3.8) is 0 Å². The zero-order chi connectivity index (χ0) is 12.7. The Hall–Kier alpha value is -1.97. The van der Waals surface area contributed by atoms with Gasteiger partial charge < -0.3 is 14.2 Å². The minimum absolute atomic E-state index is 0.770. The summed E-state index contributed by atoms with van der Waals surface area (Å²) in [5.74, 6) is 1.82. The molecule has 4 nitrogen and oxygen atoms in total. The fourth-order valence-electron chi connectivity index (χ4n) is 2.80. The Labute approximate surface area is 106 Å². The number of anilines is 1. The lowest BCUT2D eigenvalue weighted by molar-refractivity contribution is 0.112. The minimum Gasteiger partial charge on any atom is -0.497 e. The van der Waals surface area contributed by atoms with Gasteiger partial charge in [0.05, 0.1) is 18.2 Å². The number of aldehydes is 1. The lowest BCUT2D eigenvalue weighted by Crippen LogP contribution is -2.28. The smallest absolute Gasteiger partial charge is 0.154 e. The SMILES string of the molecule is COc1ccc2c(c1)c(C=O)c1n2CCCN1C. The molecule has 2 heterocycles. The highest BCUT2D eigenvalue weighted by atomic mass is 16.5. The number of hydrogen-bond acceptors (Lipinski definition) is 3. The molecule has 1 aromatic carbocycles. The summed E-state index contributed by atoms with van der Waals surface area (Å²) in [6.45, 7) is 1.96. The van der Waals surface area contributed by atoms with Gasteiger partial charge in [-0.3, -0.25) is 4.79 Å². The molecule has 1 aromatic heterocycles. The van der Waals surface area contributed by atoms with Gasteiger partial charge in [0.25, 0.3) is 0 Å². The molecule has 1 aliphatic rings. The predicted molar refractivity (Wildman–Crippen MR) is 71.8 cm³/mol. The van der Waals surface area contributed by atoms with E-state index in [0.717, 1.165) is 53.8 Å². The van der Waals surface area contributed by atoms with Crippen molar-refractivity contribution in [3.8, 4) is 5.75 Å². The van der Waals surface area contributed by atoms with Crippen LogP contribution in [0.2, 0.25) is 0 Å². The van der Waals surface area contributed by atoms with Gasteiger partial charge >= 0.3 is 0 Å². The van der Waals surface area contributed by atoms with Gasteiger partial charge in [-0.15, -0.1) is 0 Å². The number of hydrogen-bond donors (Lipinski definition) is 0. The van der Waals surface area contributed by atoms with Crippen molar-refractivity contribution in [1.29, 1.82) is 0 Å². The van der Waals surface area contributed by atoms with Crippen LogP contribution in [0.4, 0.5) is 5.82 Å². The number of ether oxygens (including phenoxy) is 1. The Morgan fingerprint density at radius 3 is 2.89 bits per heavy atom. The van der Waals surface area contributed by atoms with Crippen LogP contribution in [0.25, 0.3) is 10.9 Å². The summed E-state index contributed by atoms with van der Waals surface area (Å²) in [4.78, 5) is 13.6. The topological polar surface area (TPSA) is 34.5 Å². The van der Waals surface area contributed by atoms with Crippen molar-refractivity contribution in [3.05, 3.63) is 23.8 Å². The van der Waals surface area contributed by atoms with Crippen molar-refractivity contribution in [1.82, 2.24) is 4.57 Å². The fraction of sp³-hybridized carbons (Fsp3) is 0.357. The number of methoxy groups -OCH3 is 1. The van der Waals surface area contributed by atoms with Crippen molar-refractivity contribution >= 4 is 23.0 Å². The molecule has 0 N–H and O–H groups in total. The van der Waals surface area contributed by atoms with Gasteiger partial charge in [-0.1, -0.05) is 0 Å². The predicted octanol–water partition coefficient (Wildman–Crippen LogP) is 2.30. The molecular formula is C14H16N2O2. The van der Waals surface area contributed by atoms with E-state index < -0.39 is 0 Å². The van der Waals surface area contributed by atoms with E-state index in [9.17, 15) is 4.79 Å². The van der Waals surface area contributed by atoms with E-state index in [2.05, 4.69) is 9.47 Å². The molecule has 0 bridgehead atoms. The monoisotopic (exact) mass is 244 g/mol. The fourth-order valence-corrected chi connectivity index (χ4v) is 2.80. The third-order valence-corrected chi connectivity index (χ3v) is 3.64. The average Bonchev–Trinajstić information content (AvgIpc) is 2.73. The van der Waals surface area contributed by atoms with Crippen LogP contribution < -0.4 is 9.64 Å². The number of aromatic nitrogens is 1. The largest absolute Gasteiger partial charge is 0.497 e. The van der Waals surface area contributed by atoms with E-state index in [1.165, 1.54) is 0 Å². The molecule has 0 aliphatic carbocycles. The number of carbonyl (C=O) groups excluding carboxylic acids is 1. The minimum atomic E-state index is 0.770. The Balaban J connectivity index is 2.36. The van der Waals surface area contributed by atoms with Crippen molar-refractivity contribution in [2.75, 3.05) is 25.6 Å². The standard InChI is InChI=1S/C14H16N2O2/c1-15-6-3-7-16-13-5-4-10(18-2)8-11(13)12(9-17)14(15)16/h4-5,8-9H,3,6-7H2,1-2H3. The van der Waals surface area contributed by atoms with Crippen LogP contribution in [0.1, 0.15) is 16.8 Å². The molecule has 1 aliphatic heterocycles. The highest BCUT2D eigenvalue weighted by Crippen LogP contribution is 2.35. The van der Waals surface area contributed by atoms with Gasteiger partial charge in [0.15, 0.2) is 6.29 Å². The van der Waals surface area contributed by atoms with Crippen LogP contribution in [-0.2, 0) is 6.54 Å². The van der Waals surface area contributed by atoms with Crippen LogP contribution in [0.5, 0.6) is 5.75 Å². The third-order valence-electron chi connectivity index (χ3n) is 3.64. The molecule has 0 atom stereocenters. The van der Waals surface area contributed by atoms with E-state index in [1.807, 2.05) is 25.2 Å². The normalized spacial score (nSPS) is 14.7. The summed E-state index contributed by atoms with van der Waals surface area (Å²) in [5, 5.41) is 0.980. The van der Waals surface area contributed by atoms with Crippen molar-refractivity contribution < 1.29 is 9.53 Å². The molecule has 2 aromatic rings. The average molecular weight is 244 g/mol. The molecule has 0 saturated carbocycles. The number of aryl methyl sites for hydroxylation is 1. The maximum absolute atomic E-state index is 11.4. The third kappa shape index (κ3) is 1.41. The number of nitrogens with zero attached hydrogens (tertiary/aromatic N) is 2. The molecule has 0 radical (unpaired) electrons. The molecule has 0 saturated heterocycles. The highest BCUT2D eigenvalue weighted by Gasteiger charge is 2.22. The molecule has 3 rings (SSSR count). The molecule has 18 heavy (non-hydrogen) atoms. The second kappa shape index (κ2) is 4.05. The lowest BCUT2D eigenvalue weighted by Gasteiger charge is -2.27. The van der Waals surface area contributed by atoms with E-state index in [1.54, 1.807) is 7.11 Å². The van der Waals surface area contributed by atoms with Crippen LogP contribution in [0, 0.1) is 0 Å². The summed E-state index contributed by atoms with van der Waals surface area (Å²) >= 11 is 0. The van der Waals surface area contributed by atoms with Crippen LogP contribution in [0.15, 0.2) is 18.2 Å². The summed E-state index contributed by atoms with van der Waals surface area (Å²) in [5.41, 5.74) is 1.88. The molecule has 0 unspecified atom stereocenters. The molecule has 0 amide bonds. The summed E-state index contributed by atoms with van der Waals surface area (Å²) in [7, 11) is 3.68. The number of benzene rings is 1. The van der Waals surface area contributed by atoms with Gasteiger partial charge in [0.2, 0.25) is 0 Å². The first-order chi connectivity index (χ1) is 8.76. The van der Waals surface area contributed by atoms with Crippen molar-refractivity contribution in [2.45, 2.75) is 13.0 Å². The van der Waals surface area contributed by atoms with Crippen LogP contribution in [0.3, 0.4) is 0 Å². The number of rotatable bonds is 2. The van der Waals surface area contributed by atoms with Crippen LogP contribution >= 0.6 is 0 Å². The van der Waals surface area contributed by atoms with Gasteiger partial charge in [0.1, 0.15) is 11.6 Å². The highest BCUT2D eigenvalue weighted by molar-refractivity contribution is 6.04. The van der Waals surface area contributed by atoms with Crippen LogP contribution in [-0.4, -0.2) is 31.6 Å². The zero-order valence-electron chi connectivity index (χ0n) is 10.6. The lowest BCUT2D eigenvalue weighted by atomic mass is 10.1. The summed E-state index contributed by atoms with van der Waals surface area (Å²) < 4.78 is 7.47. The maximum atomic E-state index is 11.4. The quantitative estimate of drug-likeness (QED) is 0.760. The van der Waals surface area contributed by atoms with Crippen molar-refractivity contribution in [2.24, 2.45) is 0 Å². The maximum Gasteiger partial charge on any atom is 0.154 e. The molecule has 0 spiro atoms. The van der Waals surface area contributed by atoms with Gasteiger partial charge in [-0.25, -0.2) is 0 Å². The van der Waals surface area contributed by atoms with Gasteiger partial charge in [-0.05, 0) is 24.6 Å². The van der Waals surface area contributed by atoms with Gasteiger partial charge in [-0.2, -0.15) is 0 Å². The molecule has 4 heteroatoms. The second-order valence-corrected chi connectivity index (χ2v) is 4.66.